The maximum atomic E-state index is 9.87. The van der Waals surface area contributed by atoms with E-state index >= 15 is 0 Å². The van der Waals surface area contributed by atoms with Gasteiger partial charge in [-0.3, -0.25) is 9.59 Å². The van der Waals surface area contributed by atoms with E-state index in [2.05, 4.69) is 11.8 Å². The second kappa shape index (κ2) is 10.6. The number of allylic oxidation sites excluding steroid dienone is 2. The summed E-state index contributed by atoms with van der Waals surface area (Å²) in [7, 11) is 0. The highest BCUT2D eigenvalue weighted by atomic mass is 16.1. The SMILES string of the molecule is O=CC#CCCCCC/C=C/C=O. The van der Waals surface area contributed by atoms with Gasteiger partial charge in [0.1, 0.15) is 6.29 Å². The fraction of sp³-hybridized carbons (Fsp3) is 0.455. The summed E-state index contributed by atoms with van der Waals surface area (Å²) >= 11 is 0. The highest BCUT2D eigenvalue weighted by Gasteiger charge is 1.84. The first-order chi connectivity index (χ1) is 6.41. The van der Waals surface area contributed by atoms with Gasteiger partial charge in [0.25, 0.3) is 0 Å². The van der Waals surface area contributed by atoms with Crippen LogP contribution >= 0.6 is 0 Å². The van der Waals surface area contributed by atoms with Crippen molar-refractivity contribution in [1.82, 2.24) is 0 Å². The topological polar surface area (TPSA) is 34.1 Å². The Kier molecular flexibility index (Phi) is 9.53. The van der Waals surface area contributed by atoms with E-state index in [1.54, 1.807) is 0 Å². The smallest absolute Gasteiger partial charge is 0.192 e. The molecule has 0 aliphatic rings. The third-order valence-electron chi connectivity index (χ3n) is 1.55. The lowest BCUT2D eigenvalue weighted by Crippen LogP contribution is -1.75. The minimum Gasteiger partial charge on any atom is -0.299 e. The maximum absolute atomic E-state index is 9.87. The Balaban J connectivity index is 3.12. The van der Waals surface area contributed by atoms with Crippen LogP contribution in [0.4, 0.5) is 0 Å². The predicted octanol–water partition coefficient (Wildman–Crippen LogP) is 1.89. The normalized spacial score (nSPS) is 9.23. The third-order valence-corrected chi connectivity index (χ3v) is 1.55. The van der Waals surface area contributed by atoms with E-state index < -0.39 is 0 Å². The summed E-state index contributed by atoms with van der Waals surface area (Å²) in [6.45, 7) is 0. The first-order valence-corrected chi connectivity index (χ1v) is 4.44. The van der Waals surface area contributed by atoms with Gasteiger partial charge < -0.3 is 0 Å². The van der Waals surface area contributed by atoms with Gasteiger partial charge in [0.2, 0.25) is 0 Å². The fourth-order valence-corrected chi connectivity index (χ4v) is 0.918. The number of hydrogen-bond donors (Lipinski definition) is 0. The first kappa shape index (κ1) is 11.6. The molecule has 0 unspecified atom stereocenters. The van der Waals surface area contributed by atoms with Crippen molar-refractivity contribution in [3.05, 3.63) is 12.2 Å². The molecule has 2 heteroatoms. The van der Waals surface area contributed by atoms with Crippen molar-refractivity contribution in [1.29, 1.82) is 0 Å². The summed E-state index contributed by atoms with van der Waals surface area (Å²) < 4.78 is 0. The standard InChI is InChI=1S/C11H14O2/c12-10-8-6-4-2-1-3-5-7-9-11-13/h6,8,10-11H,1-5H2/b8-6+. The summed E-state index contributed by atoms with van der Waals surface area (Å²) in [4.78, 5) is 19.7. The number of unbranched alkanes of at least 4 members (excludes halogenated alkanes) is 4. The summed E-state index contributed by atoms with van der Waals surface area (Å²) in [6, 6.07) is 0. The maximum Gasteiger partial charge on any atom is 0.192 e. The predicted molar refractivity (Wildman–Crippen MR) is 52.1 cm³/mol. The molecule has 0 saturated heterocycles. The molecule has 0 N–H and O–H groups in total. The molecule has 0 aliphatic carbocycles. The molecule has 0 heterocycles. The lowest BCUT2D eigenvalue weighted by Gasteiger charge is -1.92. The van der Waals surface area contributed by atoms with E-state index in [0.717, 1.165) is 38.4 Å². The van der Waals surface area contributed by atoms with Gasteiger partial charge in [0, 0.05) is 6.42 Å². The van der Waals surface area contributed by atoms with E-state index in [9.17, 15) is 9.59 Å². The lowest BCUT2D eigenvalue weighted by atomic mass is 10.1. The zero-order valence-corrected chi connectivity index (χ0v) is 7.66. The van der Waals surface area contributed by atoms with Crippen LogP contribution in [0.25, 0.3) is 0 Å². The third kappa shape index (κ3) is 10.6. The Morgan fingerprint density at radius 3 is 2.62 bits per heavy atom. The van der Waals surface area contributed by atoms with Crippen LogP contribution in [-0.2, 0) is 9.59 Å². The molecule has 0 amide bonds. The highest BCUT2D eigenvalue weighted by Crippen LogP contribution is 2.02. The van der Waals surface area contributed by atoms with Crippen molar-refractivity contribution < 1.29 is 9.59 Å². The second-order valence-corrected chi connectivity index (χ2v) is 2.60. The van der Waals surface area contributed by atoms with Crippen LogP contribution in [0.5, 0.6) is 0 Å². The molecular weight excluding hydrogens is 164 g/mol. The number of carbonyl (C=O) groups is 2. The van der Waals surface area contributed by atoms with Crippen molar-refractivity contribution >= 4 is 12.6 Å². The van der Waals surface area contributed by atoms with Crippen LogP contribution in [0.2, 0.25) is 0 Å². The Morgan fingerprint density at radius 1 is 1.08 bits per heavy atom. The van der Waals surface area contributed by atoms with Crippen LogP contribution in [0.15, 0.2) is 12.2 Å². The van der Waals surface area contributed by atoms with Crippen molar-refractivity contribution in [2.45, 2.75) is 32.1 Å². The van der Waals surface area contributed by atoms with E-state index in [-0.39, 0.29) is 0 Å². The molecule has 0 bridgehead atoms. The lowest BCUT2D eigenvalue weighted by molar-refractivity contribution is -0.104. The highest BCUT2D eigenvalue weighted by molar-refractivity contribution is 5.72. The Bertz CT molecular complexity index is 218. The average Bonchev–Trinajstić information content (AvgIpc) is 2.16. The molecule has 0 aromatic heterocycles. The number of carbonyl (C=O) groups excluding carboxylic acids is 2. The van der Waals surface area contributed by atoms with Crippen molar-refractivity contribution in [2.75, 3.05) is 0 Å². The van der Waals surface area contributed by atoms with Crippen LogP contribution in [-0.4, -0.2) is 12.6 Å². The zero-order valence-electron chi connectivity index (χ0n) is 7.66. The monoisotopic (exact) mass is 178 g/mol. The fourth-order valence-electron chi connectivity index (χ4n) is 0.918. The minimum atomic E-state index is 0.618. The van der Waals surface area contributed by atoms with Gasteiger partial charge in [-0.1, -0.05) is 18.4 Å². The van der Waals surface area contributed by atoms with Gasteiger partial charge in [-0.2, -0.15) is 0 Å². The van der Waals surface area contributed by atoms with Gasteiger partial charge in [-0.15, -0.1) is 0 Å². The molecule has 0 aromatic rings. The van der Waals surface area contributed by atoms with Gasteiger partial charge in [-0.05, 0) is 31.3 Å². The first-order valence-electron chi connectivity index (χ1n) is 4.44. The molecule has 13 heavy (non-hydrogen) atoms. The minimum absolute atomic E-state index is 0.618. The average molecular weight is 178 g/mol. The number of aldehydes is 2. The molecule has 0 fully saturated rings. The number of hydrogen-bond acceptors (Lipinski definition) is 2. The molecule has 70 valence electrons. The molecule has 0 aliphatic heterocycles. The van der Waals surface area contributed by atoms with Crippen molar-refractivity contribution in [2.24, 2.45) is 0 Å². The van der Waals surface area contributed by atoms with Crippen LogP contribution in [0.3, 0.4) is 0 Å². The van der Waals surface area contributed by atoms with E-state index in [1.165, 1.54) is 6.08 Å². The van der Waals surface area contributed by atoms with E-state index in [1.807, 2.05) is 6.08 Å². The van der Waals surface area contributed by atoms with Crippen molar-refractivity contribution in [3.8, 4) is 11.8 Å². The summed E-state index contributed by atoms with van der Waals surface area (Å²) in [5.74, 6) is 5.11. The molecule has 0 rings (SSSR count). The largest absolute Gasteiger partial charge is 0.299 e. The summed E-state index contributed by atoms with van der Waals surface area (Å²) in [5, 5.41) is 0. The van der Waals surface area contributed by atoms with Gasteiger partial charge in [-0.25, -0.2) is 0 Å². The van der Waals surface area contributed by atoms with Crippen molar-refractivity contribution in [3.63, 3.8) is 0 Å². The Hall–Kier alpha value is -1.36. The Labute approximate surface area is 79.0 Å². The zero-order chi connectivity index (χ0) is 9.78. The van der Waals surface area contributed by atoms with Crippen LogP contribution < -0.4 is 0 Å². The molecule has 0 radical (unpaired) electrons. The van der Waals surface area contributed by atoms with E-state index in [0.29, 0.717) is 6.29 Å². The summed E-state index contributed by atoms with van der Waals surface area (Å²) in [6.07, 6.45) is 9.72. The summed E-state index contributed by atoms with van der Waals surface area (Å²) in [5.41, 5.74) is 0. The Morgan fingerprint density at radius 2 is 1.92 bits per heavy atom. The van der Waals surface area contributed by atoms with Gasteiger partial charge in [0.05, 0.1) is 0 Å². The van der Waals surface area contributed by atoms with E-state index in [4.69, 9.17) is 0 Å². The number of rotatable bonds is 6. The van der Waals surface area contributed by atoms with Crippen LogP contribution in [0.1, 0.15) is 32.1 Å². The molecule has 0 atom stereocenters. The quantitative estimate of drug-likeness (QED) is 0.269. The molecule has 0 saturated carbocycles. The second-order valence-electron chi connectivity index (χ2n) is 2.60. The van der Waals surface area contributed by atoms with Gasteiger partial charge >= 0.3 is 0 Å². The molecular formula is C11H14O2. The molecule has 0 aromatic carbocycles. The van der Waals surface area contributed by atoms with Crippen LogP contribution in [0, 0.1) is 11.8 Å². The molecule has 2 nitrogen and oxygen atoms in total. The molecule has 0 spiro atoms. The van der Waals surface area contributed by atoms with Gasteiger partial charge in [0.15, 0.2) is 6.29 Å².